The van der Waals surface area contributed by atoms with Crippen molar-refractivity contribution in [3.63, 3.8) is 0 Å². The van der Waals surface area contributed by atoms with Crippen molar-refractivity contribution in [1.82, 2.24) is 0 Å². The summed E-state index contributed by atoms with van der Waals surface area (Å²) in [6.45, 7) is 6.15. The molecule has 0 aliphatic rings. The van der Waals surface area contributed by atoms with Crippen molar-refractivity contribution < 1.29 is 4.39 Å². The van der Waals surface area contributed by atoms with Crippen LogP contribution in [0.15, 0.2) is 34.2 Å². The molecule has 0 saturated carbocycles. The van der Waals surface area contributed by atoms with Crippen molar-refractivity contribution in [2.75, 3.05) is 6.54 Å². The second-order valence-electron chi connectivity index (χ2n) is 3.87. The lowest BCUT2D eigenvalue weighted by atomic mass is 10.1. The van der Waals surface area contributed by atoms with Crippen LogP contribution in [0.4, 0.5) is 4.39 Å². The fourth-order valence-electron chi connectivity index (χ4n) is 1.22. The Morgan fingerprint density at radius 2 is 1.94 bits per heavy atom. The van der Waals surface area contributed by atoms with Gasteiger partial charge in [0.2, 0.25) is 0 Å². The smallest absolute Gasteiger partial charge is 0.144 e. The molecule has 0 aliphatic heterocycles. The van der Waals surface area contributed by atoms with Crippen molar-refractivity contribution in [2.24, 2.45) is 5.73 Å². The van der Waals surface area contributed by atoms with Crippen molar-refractivity contribution in [3.05, 3.63) is 34.2 Å². The fraction of sp³-hybridized carbons (Fsp3) is 0.538. The van der Waals surface area contributed by atoms with Crippen LogP contribution in [0.3, 0.4) is 0 Å². The van der Waals surface area contributed by atoms with Gasteiger partial charge >= 0.3 is 0 Å². The van der Waals surface area contributed by atoms with Crippen LogP contribution in [0, 0.1) is 0 Å². The summed E-state index contributed by atoms with van der Waals surface area (Å²) in [5.74, 6) is -0.345. The third-order valence-corrected chi connectivity index (χ3v) is 2.66. The molecule has 2 N–H and O–H groups in total. The molecular weight excluding hydrogens is 225 g/mol. The first-order valence-corrected chi connectivity index (χ1v) is 5.96. The lowest BCUT2D eigenvalue weighted by molar-refractivity contribution is 0.648. The minimum atomic E-state index is -0.345. The molecule has 0 aromatic carbocycles. The SMILES string of the molecule is C\C=C(C)/C(F)=C(Cl)\C=C(/C)CCCCN. The molecule has 92 valence electrons. The molecule has 0 heterocycles. The maximum Gasteiger partial charge on any atom is 0.144 e. The molecule has 0 radical (unpaired) electrons. The number of allylic oxidation sites excluding steroid dienone is 6. The van der Waals surface area contributed by atoms with E-state index in [0.717, 1.165) is 24.8 Å². The monoisotopic (exact) mass is 245 g/mol. The van der Waals surface area contributed by atoms with Crippen LogP contribution in [-0.4, -0.2) is 6.54 Å². The average Bonchev–Trinajstić information content (AvgIpc) is 2.27. The quantitative estimate of drug-likeness (QED) is 0.543. The topological polar surface area (TPSA) is 26.0 Å². The molecule has 0 aliphatic carbocycles. The maximum absolute atomic E-state index is 13.6. The van der Waals surface area contributed by atoms with Crippen molar-refractivity contribution >= 4 is 11.6 Å². The van der Waals surface area contributed by atoms with Crippen LogP contribution in [0.25, 0.3) is 0 Å². The zero-order chi connectivity index (χ0) is 12.6. The molecule has 0 unspecified atom stereocenters. The number of unbranched alkanes of at least 4 members (excludes halogenated alkanes) is 1. The van der Waals surface area contributed by atoms with Crippen LogP contribution in [0.1, 0.15) is 40.0 Å². The van der Waals surface area contributed by atoms with Gasteiger partial charge in [-0.1, -0.05) is 23.3 Å². The molecule has 0 spiro atoms. The highest BCUT2D eigenvalue weighted by molar-refractivity contribution is 6.31. The van der Waals surface area contributed by atoms with E-state index in [1.54, 1.807) is 26.0 Å². The Morgan fingerprint density at radius 1 is 1.31 bits per heavy atom. The van der Waals surface area contributed by atoms with Gasteiger partial charge in [-0.05, 0) is 58.2 Å². The predicted molar refractivity (Wildman–Crippen MR) is 70.1 cm³/mol. The molecule has 3 heteroatoms. The van der Waals surface area contributed by atoms with E-state index in [4.69, 9.17) is 17.3 Å². The van der Waals surface area contributed by atoms with Gasteiger partial charge < -0.3 is 5.73 Å². The van der Waals surface area contributed by atoms with E-state index >= 15 is 0 Å². The van der Waals surface area contributed by atoms with Gasteiger partial charge in [0.1, 0.15) is 5.83 Å². The van der Waals surface area contributed by atoms with Crippen LogP contribution < -0.4 is 5.73 Å². The third kappa shape index (κ3) is 6.09. The van der Waals surface area contributed by atoms with E-state index in [1.807, 2.05) is 6.92 Å². The number of halogens is 2. The first kappa shape index (κ1) is 15.4. The van der Waals surface area contributed by atoms with Crippen molar-refractivity contribution in [2.45, 2.75) is 40.0 Å². The van der Waals surface area contributed by atoms with E-state index < -0.39 is 0 Å². The zero-order valence-corrected chi connectivity index (χ0v) is 11.1. The number of hydrogen-bond donors (Lipinski definition) is 1. The van der Waals surface area contributed by atoms with Crippen LogP contribution in [0.5, 0.6) is 0 Å². The van der Waals surface area contributed by atoms with Gasteiger partial charge in [-0.3, -0.25) is 0 Å². The molecular formula is C13H21ClFN. The second kappa shape index (κ2) is 8.54. The molecule has 0 saturated heterocycles. The van der Waals surface area contributed by atoms with Gasteiger partial charge in [0.05, 0.1) is 5.03 Å². The minimum Gasteiger partial charge on any atom is -0.330 e. The summed E-state index contributed by atoms with van der Waals surface area (Å²) in [5.41, 5.74) is 7.05. The van der Waals surface area contributed by atoms with Crippen molar-refractivity contribution in [1.29, 1.82) is 0 Å². The molecule has 0 aromatic rings. The van der Waals surface area contributed by atoms with Crippen LogP contribution in [-0.2, 0) is 0 Å². The molecule has 0 rings (SSSR count). The largest absolute Gasteiger partial charge is 0.330 e. The number of hydrogen-bond acceptors (Lipinski definition) is 1. The second-order valence-corrected chi connectivity index (χ2v) is 4.28. The minimum absolute atomic E-state index is 0.181. The summed E-state index contributed by atoms with van der Waals surface area (Å²) in [4.78, 5) is 0. The highest BCUT2D eigenvalue weighted by Crippen LogP contribution is 2.22. The van der Waals surface area contributed by atoms with E-state index in [2.05, 4.69) is 0 Å². The first-order valence-electron chi connectivity index (χ1n) is 5.58. The third-order valence-electron chi connectivity index (χ3n) is 2.39. The predicted octanol–water partition coefficient (Wildman–Crippen LogP) is 4.45. The van der Waals surface area contributed by atoms with E-state index in [9.17, 15) is 4.39 Å². The maximum atomic E-state index is 13.6. The highest BCUT2D eigenvalue weighted by atomic mass is 35.5. The molecule has 0 fully saturated rings. The van der Waals surface area contributed by atoms with Crippen molar-refractivity contribution in [3.8, 4) is 0 Å². The lowest BCUT2D eigenvalue weighted by Crippen LogP contribution is -1.97. The molecule has 0 amide bonds. The molecule has 16 heavy (non-hydrogen) atoms. The molecule has 0 aromatic heterocycles. The van der Waals surface area contributed by atoms with Gasteiger partial charge in [0, 0.05) is 0 Å². The number of rotatable bonds is 6. The Balaban J connectivity index is 4.50. The van der Waals surface area contributed by atoms with E-state index in [0.29, 0.717) is 12.1 Å². The van der Waals surface area contributed by atoms with E-state index in [-0.39, 0.29) is 10.9 Å². The highest BCUT2D eigenvalue weighted by Gasteiger charge is 2.03. The summed E-state index contributed by atoms with van der Waals surface area (Å²) in [6, 6.07) is 0. The Hall–Kier alpha value is -0.600. The fourth-order valence-corrected chi connectivity index (χ4v) is 1.55. The van der Waals surface area contributed by atoms with Gasteiger partial charge in [-0.25, -0.2) is 4.39 Å². The van der Waals surface area contributed by atoms with E-state index in [1.165, 1.54) is 0 Å². The Bertz CT molecular complexity index is 303. The summed E-state index contributed by atoms with van der Waals surface area (Å²) in [5, 5.41) is 0.181. The van der Waals surface area contributed by atoms with Crippen LogP contribution in [0.2, 0.25) is 0 Å². The molecule has 1 nitrogen and oxygen atoms in total. The first-order chi connectivity index (χ1) is 7.52. The average molecular weight is 246 g/mol. The number of nitrogens with two attached hydrogens (primary N) is 1. The Kier molecular flexibility index (Phi) is 8.22. The normalized spacial score (nSPS) is 15.1. The van der Waals surface area contributed by atoms with Gasteiger partial charge in [0.15, 0.2) is 0 Å². The molecule has 0 bridgehead atoms. The summed E-state index contributed by atoms with van der Waals surface area (Å²) < 4.78 is 13.6. The summed E-state index contributed by atoms with van der Waals surface area (Å²) >= 11 is 5.88. The molecule has 0 atom stereocenters. The van der Waals surface area contributed by atoms with Crippen LogP contribution >= 0.6 is 11.6 Å². The zero-order valence-electron chi connectivity index (χ0n) is 10.3. The van der Waals surface area contributed by atoms with Gasteiger partial charge in [-0.2, -0.15) is 0 Å². The lowest BCUT2D eigenvalue weighted by Gasteiger charge is -2.02. The van der Waals surface area contributed by atoms with Gasteiger partial charge in [0.25, 0.3) is 0 Å². The standard InChI is InChI=1S/C13H21ClFN/c1-4-11(3)13(15)12(14)9-10(2)7-5-6-8-16/h4,9H,5-8,16H2,1-3H3/b10-9+,11-4-,13-12-. The Labute approximate surface area is 103 Å². The van der Waals surface area contributed by atoms with Gasteiger partial charge in [-0.15, -0.1) is 0 Å². The Morgan fingerprint density at radius 3 is 2.44 bits per heavy atom. The summed E-state index contributed by atoms with van der Waals surface area (Å²) in [6.07, 6.45) is 6.32. The summed E-state index contributed by atoms with van der Waals surface area (Å²) in [7, 11) is 0.